The van der Waals surface area contributed by atoms with Crippen LogP contribution in [-0.4, -0.2) is 10.1 Å². The van der Waals surface area contributed by atoms with E-state index in [0.29, 0.717) is 23.7 Å². The molecular formula is C51H57N3. The molecule has 0 amide bonds. The van der Waals surface area contributed by atoms with Crippen molar-refractivity contribution < 1.29 is 0 Å². The Kier molecular flexibility index (Phi) is 8.95. The van der Waals surface area contributed by atoms with Crippen LogP contribution in [0.15, 0.2) is 138 Å². The first-order chi connectivity index (χ1) is 26.3. The fourth-order valence-corrected chi connectivity index (χ4v) is 11.1. The smallest absolute Gasteiger partial charge is 0.0642 e. The highest BCUT2D eigenvalue weighted by molar-refractivity contribution is 5.94. The van der Waals surface area contributed by atoms with Crippen LogP contribution in [0.3, 0.4) is 0 Å². The molecule has 54 heavy (non-hydrogen) atoms. The monoisotopic (exact) mass is 711 g/mol. The maximum absolute atomic E-state index is 5.68. The summed E-state index contributed by atoms with van der Waals surface area (Å²) in [6, 6.07) is 18.3. The van der Waals surface area contributed by atoms with Crippen molar-refractivity contribution in [2.24, 2.45) is 34.8 Å². The van der Waals surface area contributed by atoms with Crippen LogP contribution in [0.25, 0.3) is 28.8 Å². The van der Waals surface area contributed by atoms with Gasteiger partial charge in [-0.05, 0) is 135 Å². The molecule has 0 radical (unpaired) electrons. The lowest BCUT2D eigenvalue weighted by molar-refractivity contribution is 0.331. The van der Waals surface area contributed by atoms with Crippen molar-refractivity contribution in [3.63, 3.8) is 0 Å². The molecule has 3 heteroatoms. The molecule has 6 aliphatic rings. The van der Waals surface area contributed by atoms with Crippen LogP contribution in [0.2, 0.25) is 0 Å². The van der Waals surface area contributed by atoms with Crippen LogP contribution in [0.1, 0.15) is 95.9 Å². The summed E-state index contributed by atoms with van der Waals surface area (Å²) >= 11 is 0. The van der Waals surface area contributed by atoms with E-state index in [4.69, 9.17) is 5.73 Å². The van der Waals surface area contributed by atoms with Crippen molar-refractivity contribution in [3.8, 4) is 0 Å². The molecule has 6 aliphatic carbocycles. The van der Waals surface area contributed by atoms with Gasteiger partial charge in [0.25, 0.3) is 0 Å². The number of benzene rings is 2. The number of anilines is 1. The van der Waals surface area contributed by atoms with E-state index in [1.165, 1.54) is 82.5 Å². The Bertz CT molecular complexity index is 2260. The van der Waals surface area contributed by atoms with E-state index in [0.717, 1.165) is 25.7 Å². The molecule has 0 spiro atoms. The average Bonchev–Trinajstić information content (AvgIpc) is 3.64. The average molecular weight is 712 g/mol. The van der Waals surface area contributed by atoms with Crippen molar-refractivity contribution >= 4 is 34.4 Å². The Balaban J connectivity index is 1.09. The Hall–Kier alpha value is -4.76. The maximum atomic E-state index is 5.68. The number of hydrogen-bond donors (Lipinski definition) is 1. The van der Waals surface area contributed by atoms with Gasteiger partial charge in [-0.3, -0.25) is 0 Å². The van der Waals surface area contributed by atoms with Crippen molar-refractivity contribution in [1.29, 1.82) is 0 Å². The third kappa shape index (κ3) is 5.86. The molecule has 0 saturated heterocycles. The van der Waals surface area contributed by atoms with Gasteiger partial charge in [-0.25, -0.2) is 0 Å². The zero-order valence-corrected chi connectivity index (χ0v) is 32.8. The van der Waals surface area contributed by atoms with Gasteiger partial charge in [0.05, 0.1) is 11.1 Å². The Morgan fingerprint density at radius 2 is 1.78 bits per heavy atom. The number of fused-ring (bicyclic) bond motifs is 6. The van der Waals surface area contributed by atoms with Crippen LogP contribution in [-0.2, 0) is 6.42 Å². The molecule has 3 nitrogen and oxygen atoms in total. The summed E-state index contributed by atoms with van der Waals surface area (Å²) in [6.07, 6.45) is 40.6. The predicted octanol–water partition coefficient (Wildman–Crippen LogP) is 12.7. The Morgan fingerprint density at radius 3 is 2.61 bits per heavy atom. The first-order valence-electron chi connectivity index (χ1n) is 20.7. The molecule has 1 heterocycles. The molecule has 3 aromatic rings. The fraction of sp³-hybridized carbons (Fsp3) is 0.373. The van der Waals surface area contributed by atoms with Crippen LogP contribution >= 0.6 is 0 Å². The van der Waals surface area contributed by atoms with E-state index in [-0.39, 0.29) is 11.0 Å². The van der Waals surface area contributed by atoms with E-state index >= 15 is 0 Å². The second-order valence-corrected chi connectivity index (χ2v) is 17.6. The lowest BCUT2D eigenvalue weighted by Gasteiger charge is -2.48. The van der Waals surface area contributed by atoms with E-state index in [1.807, 2.05) is 12.2 Å². The molecule has 5 unspecified atom stereocenters. The molecule has 5 atom stereocenters. The zero-order valence-electron chi connectivity index (χ0n) is 32.8. The summed E-state index contributed by atoms with van der Waals surface area (Å²) in [5.41, 5.74) is 20.1. The molecule has 1 fully saturated rings. The van der Waals surface area contributed by atoms with Crippen molar-refractivity contribution in [3.05, 3.63) is 155 Å². The van der Waals surface area contributed by atoms with Crippen molar-refractivity contribution in [2.45, 2.75) is 91.0 Å². The van der Waals surface area contributed by atoms with Gasteiger partial charge in [-0.1, -0.05) is 124 Å². The number of nitrogens with two attached hydrogens (primary N) is 1. The van der Waals surface area contributed by atoms with Crippen molar-refractivity contribution in [2.75, 3.05) is 4.90 Å². The summed E-state index contributed by atoms with van der Waals surface area (Å²) in [7, 11) is 0. The first-order valence-corrected chi connectivity index (χ1v) is 20.7. The number of allylic oxidation sites excluding steroid dienone is 13. The summed E-state index contributed by atoms with van der Waals surface area (Å²) in [4.78, 5) is 2.73. The van der Waals surface area contributed by atoms with Gasteiger partial charge >= 0.3 is 0 Å². The highest BCUT2D eigenvalue weighted by Gasteiger charge is 2.50. The van der Waals surface area contributed by atoms with Crippen LogP contribution < -0.4 is 10.6 Å². The van der Waals surface area contributed by atoms with E-state index in [9.17, 15) is 0 Å². The third-order valence-corrected chi connectivity index (χ3v) is 13.8. The lowest BCUT2D eigenvalue weighted by atomic mass is 9.73. The third-order valence-electron chi connectivity index (χ3n) is 13.8. The molecule has 9 rings (SSSR count). The van der Waals surface area contributed by atoms with E-state index < -0.39 is 0 Å². The highest BCUT2D eigenvalue weighted by Crippen LogP contribution is 2.59. The molecule has 2 N–H and O–H groups in total. The summed E-state index contributed by atoms with van der Waals surface area (Å²) < 4.78 is 2.64. The number of nitrogens with zero attached hydrogens (tertiary/aromatic N) is 2. The normalized spacial score (nSPS) is 28.6. The quantitative estimate of drug-likeness (QED) is 0.248. The molecule has 2 aromatic carbocycles. The topological polar surface area (TPSA) is 34.2 Å². The van der Waals surface area contributed by atoms with Crippen LogP contribution in [0.4, 0.5) is 5.69 Å². The second kappa shape index (κ2) is 13.8. The van der Waals surface area contributed by atoms with Gasteiger partial charge in [-0.15, -0.1) is 0 Å². The Morgan fingerprint density at radius 1 is 0.907 bits per heavy atom. The Labute approximate surface area is 323 Å². The molecule has 0 bridgehead atoms. The van der Waals surface area contributed by atoms with Gasteiger partial charge in [0.1, 0.15) is 0 Å². The molecule has 0 aliphatic heterocycles. The van der Waals surface area contributed by atoms with E-state index in [2.05, 4.69) is 146 Å². The minimum absolute atomic E-state index is 0.0743. The molecule has 1 aromatic heterocycles. The van der Waals surface area contributed by atoms with Gasteiger partial charge in [-0.2, -0.15) is 0 Å². The SMILES string of the molecule is CC1CC(C2=Cc3c(n(C4=CCCCC4)c4ccccc34)CC2)CC=C1N(c1cccc(/C=C/C=C\N)c1)C1(C)C=C2C(=CC1)C1C=CC=CC1C2(C)C. The molecule has 276 valence electrons. The number of hydrogen-bond acceptors (Lipinski definition) is 2. The lowest BCUT2D eigenvalue weighted by Crippen LogP contribution is -2.48. The van der Waals surface area contributed by atoms with Gasteiger partial charge in [0.15, 0.2) is 0 Å². The van der Waals surface area contributed by atoms with Gasteiger partial charge in [0.2, 0.25) is 0 Å². The predicted molar refractivity (Wildman–Crippen MR) is 230 cm³/mol. The number of rotatable bonds is 7. The van der Waals surface area contributed by atoms with Crippen molar-refractivity contribution in [1.82, 2.24) is 4.57 Å². The minimum Gasteiger partial charge on any atom is -0.405 e. The first kappa shape index (κ1) is 35.0. The largest absolute Gasteiger partial charge is 0.405 e. The standard InChI is InChI=1S/C51H57N3/c1-35-31-37(38-25-27-49-44(33-38)43-21-9-11-23-48(43)53(49)39-17-6-5-7-18-39)24-26-47(35)54(40-19-14-16-36(32-40)15-12-13-30-52)51(4)29-28-42-41-20-8-10-22-45(41)50(2,3)46(42)34-51/h8-17,19-23,26,28,30,32-35,37,41,45H,5-7,18,24-25,27,29,31,52H2,1-4H3/b15-12+,30-13-. The summed E-state index contributed by atoms with van der Waals surface area (Å²) in [5, 5.41) is 1.42. The van der Waals surface area contributed by atoms with E-state index in [1.54, 1.807) is 17.3 Å². The summed E-state index contributed by atoms with van der Waals surface area (Å²) in [6.45, 7) is 9.90. The molecule has 1 saturated carbocycles. The number of aromatic nitrogens is 1. The van der Waals surface area contributed by atoms with Crippen LogP contribution in [0.5, 0.6) is 0 Å². The minimum atomic E-state index is -0.196. The summed E-state index contributed by atoms with van der Waals surface area (Å²) in [5.74, 6) is 1.96. The second-order valence-electron chi connectivity index (χ2n) is 17.6. The van der Waals surface area contributed by atoms with Crippen LogP contribution in [0, 0.1) is 29.1 Å². The highest BCUT2D eigenvalue weighted by atomic mass is 15.2. The van der Waals surface area contributed by atoms with Gasteiger partial charge in [0, 0.05) is 39.6 Å². The zero-order chi connectivity index (χ0) is 37.0. The van der Waals surface area contributed by atoms with Gasteiger partial charge < -0.3 is 15.2 Å². The molecular weight excluding hydrogens is 655 g/mol. The maximum Gasteiger partial charge on any atom is 0.0642 e. The number of para-hydroxylation sites is 1. The fourth-order valence-electron chi connectivity index (χ4n) is 11.1.